The molecule has 1 amide bonds. The standard InChI is InChI=1S/C21H23N3O4/c1-12(2)18-19(24(26)27)17(13-8-10-14(28-3)11-9-13)21(23-18)15-6-4-5-7-16(15)22-20(21)25/h4-12,17-19,23H,1-3H3,(H,22,25). The first kappa shape index (κ1) is 18.4. The zero-order valence-electron chi connectivity index (χ0n) is 16.0. The first-order valence-corrected chi connectivity index (χ1v) is 9.36. The van der Waals surface area contributed by atoms with Gasteiger partial charge >= 0.3 is 0 Å². The van der Waals surface area contributed by atoms with Gasteiger partial charge in [0.1, 0.15) is 11.3 Å². The van der Waals surface area contributed by atoms with Crippen LogP contribution in [-0.2, 0) is 10.3 Å². The van der Waals surface area contributed by atoms with E-state index in [-0.39, 0.29) is 16.7 Å². The third-order valence-electron chi connectivity index (χ3n) is 5.97. The number of hydrogen-bond donors (Lipinski definition) is 2. The summed E-state index contributed by atoms with van der Waals surface area (Å²) in [5, 5.41) is 18.5. The third-order valence-corrected chi connectivity index (χ3v) is 5.97. The summed E-state index contributed by atoms with van der Waals surface area (Å²) in [6, 6.07) is 13.2. The number of nitro groups is 1. The van der Waals surface area contributed by atoms with Crippen molar-refractivity contribution in [2.75, 3.05) is 12.4 Å². The van der Waals surface area contributed by atoms with Gasteiger partial charge in [-0.1, -0.05) is 44.2 Å². The third kappa shape index (κ3) is 2.50. The van der Waals surface area contributed by atoms with E-state index >= 15 is 0 Å². The summed E-state index contributed by atoms with van der Waals surface area (Å²) < 4.78 is 5.23. The number of anilines is 1. The van der Waals surface area contributed by atoms with Crippen LogP contribution >= 0.6 is 0 Å². The maximum absolute atomic E-state index is 13.3. The molecule has 2 aromatic rings. The van der Waals surface area contributed by atoms with Gasteiger partial charge in [0.2, 0.25) is 11.9 Å². The number of para-hydroxylation sites is 1. The number of amides is 1. The molecule has 0 aliphatic carbocycles. The Balaban J connectivity index is 1.95. The molecule has 28 heavy (non-hydrogen) atoms. The lowest BCUT2D eigenvalue weighted by molar-refractivity contribution is -0.528. The predicted octanol–water partition coefficient (Wildman–Crippen LogP) is 2.90. The highest BCUT2D eigenvalue weighted by molar-refractivity contribution is 6.07. The number of carbonyl (C=O) groups is 1. The normalized spacial score (nSPS) is 28.4. The molecule has 146 valence electrons. The zero-order chi connectivity index (χ0) is 20.1. The molecule has 0 saturated carbocycles. The molecule has 7 heteroatoms. The number of carbonyl (C=O) groups excluding carboxylic acids is 1. The van der Waals surface area contributed by atoms with Crippen LogP contribution in [0.4, 0.5) is 5.69 Å². The molecule has 2 aromatic carbocycles. The van der Waals surface area contributed by atoms with Crippen molar-refractivity contribution in [3.63, 3.8) is 0 Å². The first-order chi connectivity index (χ1) is 13.4. The number of rotatable bonds is 4. The minimum absolute atomic E-state index is 0.0175. The molecular formula is C21H23N3O4. The Kier molecular flexibility index (Phi) is 4.34. The van der Waals surface area contributed by atoms with Crippen LogP contribution in [0.5, 0.6) is 5.75 Å². The fourth-order valence-corrected chi connectivity index (χ4v) is 4.71. The second-order valence-electron chi connectivity index (χ2n) is 7.75. The molecule has 2 N–H and O–H groups in total. The molecule has 2 heterocycles. The highest BCUT2D eigenvalue weighted by Gasteiger charge is 2.66. The van der Waals surface area contributed by atoms with Crippen LogP contribution in [0.1, 0.15) is 30.9 Å². The van der Waals surface area contributed by atoms with Gasteiger partial charge < -0.3 is 10.1 Å². The van der Waals surface area contributed by atoms with Gasteiger partial charge in [-0.15, -0.1) is 0 Å². The van der Waals surface area contributed by atoms with Crippen LogP contribution in [0.3, 0.4) is 0 Å². The number of nitrogens with one attached hydrogen (secondary N) is 2. The topological polar surface area (TPSA) is 93.5 Å². The molecule has 0 aromatic heterocycles. The molecule has 1 saturated heterocycles. The van der Waals surface area contributed by atoms with Crippen molar-refractivity contribution in [3.8, 4) is 5.75 Å². The summed E-state index contributed by atoms with van der Waals surface area (Å²) in [6.07, 6.45) is 0. The molecule has 1 fully saturated rings. The van der Waals surface area contributed by atoms with E-state index in [0.717, 1.165) is 11.1 Å². The number of nitrogens with zero attached hydrogens (tertiary/aromatic N) is 1. The zero-order valence-corrected chi connectivity index (χ0v) is 16.0. The van der Waals surface area contributed by atoms with Crippen molar-refractivity contribution in [1.82, 2.24) is 5.32 Å². The largest absolute Gasteiger partial charge is 0.497 e. The average molecular weight is 381 g/mol. The van der Waals surface area contributed by atoms with Gasteiger partial charge in [-0.2, -0.15) is 0 Å². The lowest BCUT2D eigenvalue weighted by Crippen LogP contribution is -2.49. The van der Waals surface area contributed by atoms with Crippen molar-refractivity contribution < 1.29 is 14.5 Å². The van der Waals surface area contributed by atoms with Gasteiger partial charge in [0, 0.05) is 16.2 Å². The van der Waals surface area contributed by atoms with Crippen molar-refractivity contribution in [2.45, 2.75) is 37.4 Å². The lowest BCUT2D eigenvalue weighted by Gasteiger charge is -2.29. The summed E-state index contributed by atoms with van der Waals surface area (Å²) in [4.78, 5) is 25.2. The monoisotopic (exact) mass is 381 g/mol. The molecule has 2 aliphatic rings. The van der Waals surface area contributed by atoms with Crippen molar-refractivity contribution in [1.29, 1.82) is 0 Å². The Morgan fingerprint density at radius 2 is 1.82 bits per heavy atom. The summed E-state index contributed by atoms with van der Waals surface area (Å²) in [5.41, 5.74) is 1.02. The summed E-state index contributed by atoms with van der Waals surface area (Å²) in [6.45, 7) is 3.88. The van der Waals surface area contributed by atoms with E-state index in [1.54, 1.807) is 19.2 Å². The minimum Gasteiger partial charge on any atom is -0.497 e. The minimum atomic E-state index is -1.18. The molecule has 0 bridgehead atoms. The second kappa shape index (κ2) is 6.60. The maximum atomic E-state index is 13.3. The SMILES string of the molecule is COc1ccc(C2C([N+](=O)[O-])C(C(C)C)NC23C(=O)Nc2ccccc23)cc1. The smallest absolute Gasteiger partial charge is 0.250 e. The van der Waals surface area contributed by atoms with Crippen LogP contribution in [0, 0.1) is 16.0 Å². The van der Waals surface area contributed by atoms with E-state index in [4.69, 9.17) is 4.74 Å². The molecule has 4 atom stereocenters. The van der Waals surface area contributed by atoms with Gasteiger partial charge in [0.25, 0.3) is 0 Å². The van der Waals surface area contributed by atoms with E-state index in [1.807, 2.05) is 50.2 Å². The Morgan fingerprint density at radius 3 is 2.43 bits per heavy atom. The van der Waals surface area contributed by atoms with E-state index < -0.39 is 23.5 Å². The van der Waals surface area contributed by atoms with Crippen molar-refractivity contribution in [2.24, 2.45) is 5.92 Å². The van der Waals surface area contributed by atoms with Crippen LogP contribution in [-0.4, -0.2) is 30.0 Å². The van der Waals surface area contributed by atoms with Crippen molar-refractivity contribution in [3.05, 3.63) is 69.8 Å². The van der Waals surface area contributed by atoms with E-state index in [2.05, 4.69) is 10.6 Å². The molecule has 0 radical (unpaired) electrons. The second-order valence-corrected chi connectivity index (χ2v) is 7.75. The molecule has 4 rings (SSSR count). The molecule has 1 spiro atoms. The summed E-state index contributed by atoms with van der Waals surface area (Å²) in [7, 11) is 1.57. The van der Waals surface area contributed by atoms with Crippen LogP contribution < -0.4 is 15.4 Å². The molecular weight excluding hydrogens is 358 g/mol. The van der Waals surface area contributed by atoms with E-state index in [0.29, 0.717) is 11.4 Å². The van der Waals surface area contributed by atoms with Crippen molar-refractivity contribution >= 4 is 11.6 Å². The average Bonchev–Trinajstić information content (AvgIpc) is 3.19. The van der Waals surface area contributed by atoms with Crippen LogP contribution in [0.25, 0.3) is 0 Å². The molecule has 4 unspecified atom stereocenters. The number of fused-ring (bicyclic) bond motifs is 2. The molecule has 2 aliphatic heterocycles. The number of ether oxygens (including phenoxy) is 1. The quantitative estimate of drug-likeness (QED) is 0.627. The summed E-state index contributed by atoms with van der Waals surface area (Å²) in [5.74, 6) is -0.247. The van der Waals surface area contributed by atoms with Gasteiger partial charge in [0.05, 0.1) is 19.1 Å². The van der Waals surface area contributed by atoms with Gasteiger partial charge in [-0.05, 0) is 29.7 Å². The van der Waals surface area contributed by atoms with Crippen LogP contribution in [0.15, 0.2) is 48.5 Å². The molecule has 7 nitrogen and oxygen atoms in total. The Labute approximate surface area is 163 Å². The first-order valence-electron chi connectivity index (χ1n) is 9.36. The van der Waals surface area contributed by atoms with Gasteiger partial charge in [0.15, 0.2) is 0 Å². The fourth-order valence-electron chi connectivity index (χ4n) is 4.71. The Bertz CT molecular complexity index is 928. The highest BCUT2D eigenvalue weighted by Crippen LogP contribution is 2.53. The van der Waals surface area contributed by atoms with E-state index in [1.165, 1.54) is 0 Å². The number of hydrogen-bond acceptors (Lipinski definition) is 5. The van der Waals surface area contributed by atoms with Gasteiger partial charge in [-0.3, -0.25) is 20.2 Å². The number of benzene rings is 2. The fraction of sp³-hybridized carbons (Fsp3) is 0.381. The van der Waals surface area contributed by atoms with Gasteiger partial charge in [-0.25, -0.2) is 0 Å². The highest BCUT2D eigenvalue weighted by atomic mass is 16.6. The maximum Gasteiger partial charge on any atom is 0.250 e. The number of methoxy groups -OCH3 is 1. The Hall–Kier alpha value is -2.93. The van der Waals surface area contributed by atoms with Crippen LogP contribution in [0.2, 0.25) is 0 Å². The Morgan fingerprint density at radius 1 is 1.14 bits per heavy atom. The predicted molar refractivity (Wildman–Crippen MR) is 105 cm³/mol. The van der Waals surface area contributed by atoms with E-state index in [9.17, 15) is 14.9 Å². The summed E-state index contributed by atoms with van der Waals surface area (Å²) >= 11 is 0. The lowest BCUT2D eigenvalue weighted by atomic mass is 9.74.